The van der Waals surface area contributed by atoms with E-state index in [2.05, 4.69) is 79.0 Å². The predicted molar refractivity (Wildman–Crippen MR) is 98.1 cm³/mol. The van der Waals surface area contributed by atoms with Gasteiger partial charge in [-0.05, 0) is 44.0 Å². The number of halogens is 1. The number of nitrogens with one attached hydrogen (secondary N) is 1. The summed E-state index contributed by atoms with van der Waals surface area (Å²) in [4.78, 5) is 2.54. The van der Waals surface area contributed by atoms with Crippen molar-refractivity contribution in [3.8, 4) is 0 Å². The second-order valence-corrected chi connectivity index (χ2v) is 7.22. The highest BCUT2D eigenvalue weighted by atomic mass is 79.9. The number of benzene rings is 1. The smallest absolute Gasteiger partial charge is 0.0414 e. The van der Waals surface area contributed by atoms with E-state index in [0.29, 0.717) is 12.1 Å². The van der Waals surface area contributed by atoms with Gasteiger partial charge in [-0.3, -0.25) is 0 Å². The Hall–Kier alpha value is -0.540. The van der Waals surface area contributed by atoms with Crippen LogP contribution in [0.5, 0.6) is 0 Å². The normalized spacial score (nSPS) is 11.4. The van der Waals surface area contributed by atoms with E-state index in [1.54, 1.807) is 0 Å². The molecule has 1 aromatic carbocycles. The molecule has 0 saturated heterocycles. The van der Waals surface area contributed by atoms with Gasteiger partial charge in [-0.2, -0.15) is 0 Å². The molecule has 1 aromatic rings. The van der Waals surface area contributed by atoms with Crippen LogP contribution in [0, 0.1) is 0 Å². The van der Waals surface area contributed by atoms with Gasteiger partial charge in [-0.15, -0.1) is 0 Å². The first kappa shape index (κ1) is 18.5. The molecule has 1 rings (SSSR count). The van der Waals surface area contributed by atoms with E-state index in [9.17, 15) is 0 Å². The summed E-state index contributed by atoms with van der Waals surface area (Å²) in [5, 5.41) is 3.54. The summed E-state index contributed by atoms with van der Waals surface area (Å²) in [7, 11) is 0. The molecule has 1 N–H and O–H groups in total. The van der Waals surface area contributed by atoms with E-state index in [4.69, 9.17) is 0 Å². The lowest BCUT2D eigenvalue weighted by molar-refractivity contribution is 0.582. The quantitative estimate of drug-likeness (QED) is 0.601. The number of anilines is 1. The van der Waals surface area contributed by atoms with Crippen molar-refractivity contribution in [3.05, 3.63) is 28.2 Å². The zero-order valence-electron chi connectivity index (χ0n) is 14.2. The summed E-state index contributed by atoms with van der Waals surface area (Å²) >= 11 is 3.61. The van der Waals surface area contributed by atoms with Crippen LogP contribution >= 0.6 is 15.9 Å². The Morgan fingerprint density at radius 1 is 1.14 bits per heavy atom. The second kappa shape index (κ2) is 9.47. The summed E-state index contributed by atoms with van der Waals surface area (Å²) in [5.41, 5.74) is 2.75. The minimum Gasteiger partial charge on any atom is -0.369 e. The molecule has 0 bridgehead atoms. The molecule has 0 saturated carbocycles. The largest absolute Gasteiger partial charge is 0.369 e. The number of hydrogen-bond donors (Lipinski definition) is 1. The third kappa shape index (κ3) is 6.39. The molecule has 0 unspecified atom stereocenters. The van der Waals surface area contributed by atoms with Gasteiger partial charge in [0.15, 0.2) is 0 Å². The Morgan fingerprint density at radius 3 is 2.43 bits per heavy atom. The monoisotopic (exact) mass is 354 g/mol. The highest BCUT2D eigenvalue weighted by molar-refractivity contribution is 9.10. The number of rotatable bonds is 9. The number of unbranched alkanes of at least 4 members (excludes halogenated alkanes) is 2. The molecule has 0 radical (unpaired) electrons. The lowest BCUT2D eigenvalue weighted by Gasteiger charge is -2.31. The van der Waals surface area contributed by atoms with E-state index in [1.165, 1.54) is 30.5 Å². The molecule has 0 spiro atoms. The molecule has 0 aliphatic rings. The first-order chi connectivity index (χ1) is 9.95. The maximum atomic E-state index is 3.61. The molecule has 2 nitrogen and oxygen atoms in total. The van der Waals surface area contributed by atoms with Crippen molar-refractivity contribution in [1.29, 1.82) is 0 Å². The molecule has 0 aromatic heterocycles. The average Bonchev–Trinajstić information content (AvgIpc) is 2.42. The Morgan fingerprint density at radius 2 is 1.86 bits per heavy atom. The topological polar surface area (TPSA) is 15.3 Å². The van der Waals surface area contributed by atoms with Crippen LogP contribution in [0.25, 0.3) is 0 Å². The van der Waals surface area contributed by atoms with Gasteiger partial charge in [0.1, 0.15) is 0 Å². The van der Waals surface area contributed by atoms with Crippen LogP contribution in [0.15, 0.2) is 22.7 Å². The zero-order valence-corrected chi connectivity index (χ0v) is 15.8. The first-order valence-electron chi connectivity index (χ1n) is 8.24. The van der Waals surface area contributed by atoms with Crippen LogP contribution in [0.4, 0.5) is 5.69 Å². The van der Waals surface area contributed by atoms with E-state index < -0.39 is 0 Å². The van der Waals surface area contributed by atoms with Gasteiger partial charge >= 0.3 is 0 Å². The molecule has 0 heterocycles. The van der Waals surface area contributed by atoms with Crippen molar-refractivity contribution in [2.24, 2.45) is 0 Å². The third-order valence-corrected chi connectivity index (χ3v) is 4.17. The summed E-state index contributed by atoms with van der Waals surface area (Å²) in [5.74, 6) is 0. The minimum atomic E-state index is 0.504. The van der Waals surface area contributed by atoms with Crippen molar-refractivity contribution in [3.63, 3.8) is 0 Å². The van der Waals surface area contributed by atoms with Gasteiger partial charge in [0.2, 0.25) is 0 Å². The molecule has 3 heteroatoms. The summed E-state index contributed by atoms with van der Waals surface area (Å²) in [6.45, 7) is 13.3. The first-order valence-corrected chi connectivity index (χ1v) is 9.03. The molecular weight excluding hydrogens is 324 g/mol. The van der Waals surface area contributed by atoms with Crippen molar-refractivity contribution in [1.82, 2.24) is 5.32 Å². The zero-order chi connectivity index (χ0) is 15.8. The van der Waals surface area contributed by atoms with Crippen molar-refractivity contribution < 1.29 is 0 Å². The van der Waals surface area contributed by atoms with Gasteiger partial charge < -0.3 is 10.2 Å². The van der Waals surface area contributed by atoms with E-state index in [-0.39, 0.29) is 0 Å². The highest BCUT2D eigenvalue weighted by Gasteiger charge is 2.14. The predicted octanol–water partition coefficient (Wildman–Crippen LogP) is 5.35. The highest BCUT2D eigenvalue weighted by Crippen LogP contribution is 2.27. The standard InChI is InChI=1S/C18H31BrN2/c1-6-7-8-11-21(15(4)5)18-10-9-17(19)12-16(18)13-20-14(2)3/h9-10,12,14-15,20H,6-8,11,13H2,1-5H3. The third-order valence-electron chi connectivity index (χ3n) is 3.68. The van der Waals surface area contributed by atoms with E-state index in [0.717, 1.165) is 17.6 Å². The molecular formula is C18H31BrN2. The van der Waals surface area contributed by atoms with Gasteiger partial charge in [0.25, 0.3) is 0 Å². The van der Waals surface area contributed by atoms with E-state index >= 15 is 0 Å². The summed E-state index contributed by atoms with van der Waals surface area (Å²) in [6, 6.07) is 7.70. The molecule has 0 aliphatic carbocycles. The molecule has 120 valence electrons. The van der Waals surface area contributed by atoms with Crippen molar-refractivity contribution in [2.45, 2.75) is 72.5 Å². The van der Waals surface area contributed by atoms with Crippen LogP contribution in [0.1, 0.15) is 59.4 Å². The fraction of sp³-hybridized carbons (Fsp3) is 0.667. The van der Waals surface area contributed by atoms with Crippen LogP contribution in [-0.4, -0.2) is 18.6 Å². The number of nitrogens with zero attached hydrogens (tertiary/aromatic N) is 1. The molecule has 0 aliphatic heterocycles. The summed E-state index contributed by atoms with van der Waals surface area (Å²) in [6.07, 6.45) is 3.84. The Balaban J connectivity index is 2.94. The maximum absolute atomic E-state index is 3.61. The van der Waals surface area contributed by atoms with Gasteiger partial charge in [-0.1, -0.05) is 49.5 Å². The van der Waals surface area contributed by atoms with Crippen LogP contribution < -0.4 is 10.2 Å². The maximum Gasteiger partial charge on any atom is 0.0414 e. The van der Waals surface area contributed by atoms with Gasteiger partial charge in [0, 0.05) is 35.3 Å². The SMILES string of the molecule is CCCCCN(c1ccc(Br)cc1CNC(C)C)C(C)C. The number of hydrogen-bond acceptors (Lipinski definition) is 2. The van der Waals surface area contributed by atoms with E-state index in [1.807, 2.05) is 0 Å². The van der Waals surface area contributed by atoms with Crippen LogP contribution in [0.3, 0.4) is 0 Å². The van der Waals surface area contributed by atoms with Gasteiger partial charge in [0.05, 0.1) is 0 Å². The average molecular weight is 355 g/mol. The molecule has 0 fully saturated rings. The minimum absolute atomic E-state index is 0.504. The molecule has 0 amide bonds. The fourth-order valence-electron chi connectivity index (χ4n) is 2.48. The lowest BCUT2D eigenvalue weighted by Crippen LogP contribution is -2.33. The van der Waals surface area contributed by atoms with Gasteiger partial charge in [-0.25, -0.2) is 0 Å². The van der Waals surface area contributed by atoms with Crippen molar-refractivity contribution in [2.75, 3.05) is 11.4 Å². The molecule has 0 atom stereocenters. The Bertz CT molecular complexity index is 416. The van der Waals surface area contributed by atoms with Crippen molar-refractivity contribution >= 4 is 21.6 Å². The fourth-order valence-corrected chi connectivity index (χ4v) is 2.89. The Kier molecular flexibility index (Phi) is 8.35. The molecule has 21 heavy (non-hydrogen) atoms. The second-order valence-electron chi connectivity index (χ2n) is 6.30. The van der Waals surface area contributed by atoms with Crippen LogP contribution in [0.2, 0.25) is 0 Å². The van der Waals surface area contributed by atoms with Crippen LogP contribution in [-0.2, 0) is 6.54 Å². The summed E-state index contributed by atoms with van der Waals surface area (Å²) < 4.78 is 1.16. The Labute approximate surface area is 139 Å². The lowest BCUT2D eigenvalue weighted by atomic mass is 10.1.